The van der Waals surface area contributed by atoms with E-state index in [0.717, 1.165) is 27.4 Å². The third-order valence-corrected chi connectivity index (χ3v) is 6.14. The number of aromatic amines is 1. The van der Waals surface area contributed by atoms with Crippen molar-refractivity contribution in [2.45, 2.75) is 25.3 Å². The van der Waals surface area contributed by atoms with Gasteiger partial charge in [0.05, 0.1) is 11.0 Å². The van der Waals surface area contributed by atoms with Crippen LogP contribution in [0.4, 0.5) is 5.82 Å². The van der Waals surface area contributed by atoms with E-state index in [2.05, 4.69) is 37.9 Å². The smallest absolute Gasteiger partial charge is 0.328 e. The second-order valence-electron chi connectivity index (χ2n) is 7.47. The van der Waals surface area contributed by atoms with Gasteiger partial charge >= 0.3 is 5.69 Å². The number of imidazole rings is 2. The van der Waals surface area contributed by atoms with Gasteiger partial charge in [0.25, 0.3) is 0 Å². The van der Waals surface area contributed by atoms with Crippen LogP contribution >= 0.6 is 22.6 Å². The molecule has 1 aliphatic heterocycles. The van der Waals surface area contributed by atoms with Gasteiger partial charge in [0.1, 0.15) is 11.8 Å². The van der Waals surface area contributed by atoms with Gasteiger partial charge in [-0.2, -0.15) is 9.97 Å². The summed E-state index contributed by atoms with van der Waals surface area (Å²) in [5.41, 5.74) is 2.65. The molecule has 1 aromatic carbocycles. The summed E-state index contributed by atoms with van der Waals surface area (Å²) in [6.45, 7) is 1.83. The molecule has 1 saturated heterocycles. The van der Waals surface area contributed by atoms with Crippen molar-refractivity contribution in [1.82, 2.24) is 29.1 Å². The summed E-state index contributed by atoms with van der Waals surface area (Å²) in [4.78, 5) is 29.8. The first-order chi connectivity index (χ1) is 15.2. The number of hydrogen-bond acceptors (Lipinski definition) is 7. The molecule has 4 heterocycles. The van der Waals surface area contributed by atoms with Crippen molar-refractivity contribution in [2.24, 2.45) is 0 Å². The van der Waals surface area contributed by atoms with Crippen LogP contribution in [0.25, 0.3) is 28.1 Å². The topological polar surface area (TPSA) is 123 Å². The highest BCUT2D eigenvalue weighted by molar-refractivity contribution is 14.1. The Morgan fingerprint density at radius 2 is 2.13 bits per heavy atom. The van der Waals surface area contributed by atoms with E-state index >= 15 is 0 Å². The average Bonchev–Trinajstić information content (AvgIpc) is 3.34. The third-order valence-electron chi connectivity index (χ3n) is 5.47. The van der Waals surface area contributed by atoms with Crippen molar-refractivity contribution in [3.05, 3.63) is 38.6 Å². The SMILES string of the molecule is O=c1[nH]c2c(NCCCO)nc(-n3cnc4ccc(I)cc43)nc2n1C1CCOCC1. The van der Waals surface area contributed by atoms with Crippen LogP contribution in [0.5, 0.6) is 0 Å². The molecular weight excluding hydrogens is 513 g/mol. The van der Waals surface area contributed by atoms with E-state index in [1.54, 1.807) is 10.9 Å². The van der Waals surface area contributed by atoms with E-state index in [1.165, 1.54) is 0 Å². The number of fused-ring (bicyclic) bond motifs is 2. The molecule has 0 bridgehead atoms. The minimum Gasteiger partial charge on any atom is -0.396 e. The molecule has 10 nitrogen and oxygen atoms in total. The number of benzene rings is 1. The maximum absolute atomic E-state index is 12.9. The highest BCUT2D eigenvalue weighted by Crippen LogP contribution is 2.27. The molecule has 31 heavy (non-hydrogen) atoms. The Morgan fingerprint density at radius 1 is 1.29 bits per heavy atom. The fourth-order valence-corrected chi connectivity index (χ4v) is 4.41. The number of hydrogen-bond donors (Lipinski definition) is 3. The molecule has 1 aliphatic rings. The largest absolute Gasteiger partial charge is 0.396 e. The van der Waals surface area contributed by atoms with Gasteiger partial charge in [0.2, 0.25) is 5.95 Å². The number of ether oxygens (including phenoxy) is 1. The van der Waals surface area contributed by atoms with Crippen LogP contribution in [-0.2, 0) is 4.74 Å². The van der Waals surface area contributed by atoms with E-state index in [4.69, 9.17) is 19.8 Å². The summed E-state index contributed by atoms with van der Waals surface area (Å²) in [7, 11) is 0. The maximum Gasteiger partial charge on any atom is 0.328 e. The lowest BCUT2D eigenvalue weighted by Gasteiger charge is -2.23. The lowest BCUT2D eigenvalue weighted by molar-refractivity contribution is 0.0697. The molecule has 0 unspecified atom stereocenters. The number of aliphatic hydroxyl groups excluding tert-OH is 1. The Hall–Kier alpha value is -2.51. The fraction of sp³-hybridized carbons (Fsp3) is 0.400. The Balaban J connectivity index is 1.70. The van der Waals surface area contributed by atoms with Crippen molar-refractivity contribution in [3.8, 4) is 5.95 Å². The van der Waals surface area contributed by atoms with Crippen molar-refractivity contribution >= 4 is 50.6 Å². The van der Waals surface area contributed by atoms with Crippen LogP contribution in [0.15, 0.2) is 29.3 Å². The van der Waals surface area contributed by atoms with Crippen LogP contribution in [0.1, 0.15) is 25.3 Å². The van der Waals surface area contributed by atoms with E-state index in [1.807, 2.05) is 22.8 Å². The lowest BCUT2D eigenvalue weighted by Crippen LogP contribution is -2.27. The number of nitrogens with one attached hydrogen (secondary N) is 2. The molecule has 4 aromatic rings. The lowest BCUT2D eigenvalue weighted by atomic mass is 10.1. The predicted molar refractivity (Wildman–Crippen MR) is 125 cm³/mol. The number of aromatic nitrogens is 6. The van der Waals surface area contributed by atoms with Gasteiger partial charge in [-0.15, -0.1) is 0 Å². The molecule has 11 heteroatoms. The Morgan fingerprint density at radius 3 is 2.94 bits per heavy atom. The summed E-state index contributed by atoms with van der Waals surface area (Å²) in [6, 6.07) is 6.00. The quantitative estimate of drug-likeness (QED) is 0.256. The highest BCUT2D eigenvalue weighted by Gasteiger charge is 2.24. The summed E-state index contributed by atoms with van der Waals surface area (Å²) >= 11 is 2.26. The van der Waals surface area contributed by atoms with Gasteiger partial charge in [-0.25, -0.2) is 9.78 Å². The molecule has 3 N–H and O–H groups in total. The van der Waals surface area contributed by atoms with Crippen LogP contribution in [-0.4, -0.2) is 60.5 Å². The molecule has 162 valence electrons. The van der Waals surface area contributed by atoms with Crippen LogP contribution in [0, 0.1) is 3.57 Å². The number of aliphatic hydroxyl groups is 1. The summed E-state index contributed by atoms with van der Waals surface area (Å²) in [5, 5.41) is 12.4. The van der Waals surface area contributed by atoms with E-state index in [-0.39, 0.29) is 18.3 Å². The molecule has 0 aliphatic carbocycles. The normalized spacial score (nSPS) is 15.2. The Labute approximate surface area is 190 Å². The number of H-pyrrole nitrogens is 1. The molecule has 1 fully saturated rings. The van der Waals surface area contributed by atoms with Crippen LogP contribution in [0.2, 0.25) is 0 Å². The maximum atomic E-state index is 12.9. The molecule has 0 saturated carbocycles. The van der Waals surface area contributed by atoms with Gasteiger partial charge < -0.3 is 20.1 Å². The summed E-state index contributed by atoms with van der Waals surface area (Å²) in [6.07, 6.45) is 3.78. The van der Waals surface area contributed by atoms with Crippen molar-refractivity contribution in [2.75, 3.05) is 31.7 Å². The number of nitrogens with zero attached hydrogens (tertiary/aromatic N) is 5. The van der Waals surface area contributed by atoms with E-state index < -0.39 is 0 Å². The standard InChI is InChI=1S/C20H22IN7O3/c21-12-2-3-14-15(10-12)27(11-23-14)19-25-17(22-6-1-7-29)16-18(26-19)28(20(30)24-16)13-4-8-31-9-5-13/h2-3,10-11,13,29H,1,4-9H2,(H,24,30)(H,22,25,26). The third kappa shape index (κ3) is 3.81. The van der Waals surface area contributed by atoms with Gasteiger partial charge in [-0.3, -0.25) is 9.13 Å². The van der Waals surface area contributed by atoms with Gasteiger partial charge in [-0.05, 0) is 60.1 Å². The molecule has 0 amide bonds. The van der Waals surface area contributed by atoms with E-state index in [9.17, 15) is 4.79 Å². The monoisotopic (exact) mass is 535 g/mol. The zero-order chi connectivity index (χ0) is 21.4. The zero-order valence-electron chi connectivity index (χ0n) is 16.7. The minimum absolute atomic E-state index is 0.0171. The molecular formula is C20H22IN7O3. The molecule has 0 radical (unpaired) electrons. The Kier molecular flexibility index (Phi) is 5.63. The number of rotatable bonds is 6. The second kappa shape index (κ2) is 8.55. The average molecular weight is 535 g/mol. The van der Waals surface area contributed by atoms with E-state index in [0.29, 0.717) is 49.1 Å². The first-order valence-corrected chi connectivity index (χ1v) is 11.3. The first-order valence-electron chi connectivity index (χ1n) is 10.2. The molecule has 0 spiro atoms. The molecule has 5 rings (SSSR count). The predicted octanol–water partition coefficient (Wildman–Crippen LogP) is 2.21. The van der Waals surface area contributed by atoms with Gasteiger partial charge in [-0.1, -0.05) is 0 Å². The Bertz CT molecular complexity index is 1290. The van der Waals surface area contributed by atoms with Gasteiger partial charge in [0, 0.05) is 36.0 Å². The van der Waals surface area contributed by atoms with Crippen LogP contribution in [0.3, 0.4) is 0 Å². The van der Waals surface area contributed by atoms with Crippen molar-refractivity contribution in [1.29, 1.82) is 0 Å². The first kappa shape index (κ1) is 20.4. The molecule has 0 atom stereocenters. The van der Waals surface area contributed by atoms with Crippen LogP contribution < -0.4 is 11.0 Å². The summed E-state index contributed by atoms with van der Waals surface area (Å²) < 4.78 is 10.1. The van der Waals surface area contributed by atoms with Crippen molar-refractivity contribution < 1.29 is 9.84 Å². The zero-order valence-corrected chi connectivity index (χ0v) is 18.9. The minimum atomic E-state index is -0.205. The summed E-state index contributed by atoms with van der Waals surface area (Å²) in [5.74, 6) is 0.965. The number of halogens is 1. The number of anilines is 1. The fourth-order valence-electron chi connectivity index (χ4n) is 3.93. The second-order valence-corrected chi connectivity index (χ2v) is 8.71. The molecule has 3 aromatic heterocycles. The van der Waals surface area contributed by atoms with Crippen molar-refractivity contribution in [3.63, 3.8) is 0 Å². The van der Waals surface area contributed by atoms with Gasteiger partial charge in [0.15, 0.2) is 11.5 Å². The highest BCUT2D eigenvalue weighted by atomic mass is 127.